The molecule has 0 aliphatic carbocycles. The van der Waals surface area contributed by atoms with Crippen LogP contribution in [0.4, 0.5) is 0 Å². The summed E-state index contributed by atoms with van der Waals surface area (Å²) in [4.78, 5) is 39.9. The van der Waals surface area contributed by atoms with Crippen LogP contribution in [0, 0.1) is 11.3 Å². The smallest absolute Gasteiger partial charge is 0.231 e. The number of nitrogens with zero attached hydrogens (tertiary/aromatic N) is 8. The normalized spacial score (nSPS) is 13.4. The van der Waals surface area contributed by atoms with Crippen LogP contribution in [0.5, 0.6) is 0 Å². The van der Waals surface area contributed by atoms with Gasteiger partial charge in [0.25, 0.3) is 0 Å². The molecule has 55 heavy (non-hydrogen) atoms. The minimum Gasteiger partial charge on any atom is -0.337 e. The molecule has 4 atom stereocenters. The second-order valence-corrected chi connectivity index (χ2v) is 14.8. The number of nitriles is 1. The Balaban J connectivity index is 0.000000246. The van der Waals surface area contributed by atoms with Crippen LogP contribution in [0.25, 0.3) is 0 Å². The Bertz CT molecular complexity index is 1880. The molecule has 0 radical (unpaired) electrons. The number of aromatic amines is 1. The Morgan fingerprint density at radius 3 is 1.40 bits per heavy atom. The lowest BCUT2D eigenvalue weighted by atomic mass is 9.78. The SMILES string of the molecule is CC(C)N(C(=O)C(c1cccnc1)C(CC#N)c1ccccc1)C(C)C.CC(C)N(C(=O)C(c1cccnc1)C(Cc1nn[nH]n1)c1ccccc1)C(C)C. The van der Waals surface area contributed by atoms with Gasteiger partial charge >= 0.3 is 0 Å². The van der Waals surface area contributed by atoms with Gasteiger partial charge in [0.2, 0.25) is 11.8 Å². The van der Waals surface area contributed by atoms with Crippen molar-refractivity contribution in [2.45, 2.75) is 116 Å². The van der Waals surface area contributed by atoms with Crippen LogP contribution in [0.2, 0.25) is 0 Å². The van der Waals surface area contributed by atoms with Gasteiger partial charge in [0.1, 0.15) is 0 Å². The predicted octanol–water partition coefficient (Wildman–Crippen LogP) is 7.86. The maximum absolute atomic E-state index is 13.9. The third-order valence-corrected chi connectivity index (χ3v) is 9.72. The summed E-state index contributed by atoms with van der Waals surface area (Å²) < 4.78 is 0. The van der Waals surface area contributed by atoms with E-state index in [1.165, 1.54) is 0 Å². The molecule has 5 rings (SSSR count). The number of benzene rings is 2. The molecule has 2 aromatic carbocycles. The first-order chi connectivity index (χ1) is 26.5. The molecule has 1 N–H and O–H groups in total. The number of hydrogen-bond donors (Lipinski definition) is 1. The van der Waals surface area contributed by atoms with Crippen LogP contribution in [0.3, 0.4) is 0 Å². The van der Waals surface area contributed by atoms with E-state index >= 15 is 0 Å². The fraction of sp³-hybridized carbons (Fsp3) is 0.409. The van der Waals surface area contributed by atoms with Gasteiger partial charge in [-0.3, -0.25) is 19.6 Å². The van der Waals surface area contributed by atoms with E-state index in [1.54, 1.807) is 24.8 Å². The first kappa shape index (κ1) is 42.0. The highest BCUT2D eigenvalue weighted by molar-refractivity contribution is 5.86. The molecule has 288 valence electrons. The fourth-order valence-corrected chi connectivity index (χ4v) is 7.57. The molecular weight excluding hydrogens is 687 g/mol. The molecule has 0 saturated heterocycles. The van der Waals surface area contributed by atoms with E-state index in [2.05, 4.69) is 76.5 Å². The van der Waals surface area contributed by atoms with Crippen molar-refractivity contribution in [1.82, 2.24) is 40.4 Å². The first-order valence-corrected chi connectivity index (χ1v) is 19.1. The topological polar surface area (TPSA) is 145 Å². The van der Waals surface area contributed by atoms with Crippen molar-refractivity contribution < 1.29 is 9.59 Å². The quantitative estimate of drug-likeness (QED) is 0.114. The zero-order valence-electron chi connectivity index (χ0n) is 33.3. The molecule has 3 aromatic heterocycles. The number of nitrogens with one attached hydrogen (secondary N) is 1. The number of rotatable bonds is 15. The second-order valence-electron chi connectivity index (χ2n) is 14.8. The van der Waals surface area contributed by atoms with Crippen molar-refractivity contribution in [3.05, 3.63) is 138 Å². The van der Waals surface area contributed by atoms with Gasteiger partial charge in [0.15, 0.2) is 5.82 Å². The summed E-state index contributed by atoms with van der Waals surface area (Å²) in [6, 6.07) is 30.1. The molecule has 11 nitrogen and oxygen atoms in total. The standard InChI is InChI=1S/C22H28N6O.C22H27N3O/c1-15(2)28(16(3)4)22(29)21(18-11-8-12-23-14-18)19(13-20-24-26-27-25-20)17-9-6-5-7-10-17;1-16(2)25(17(3)4)22(26)21(19-11-8-14-24-15-19)20(12-13-23)18-9-6-5-7-10-18/h5-12,14-16,19,21H,13H2,1-4H3,(H,24,25,26,27);5-11,14-17,20-21H,12H2,1-4H3. The minimum atomic E-state index is -0.435. The van der Waals surface area contributed by atoms with Gasteiger partial charge in [-0.1, -0.05) is 78.0 Å². The Kier molecular flexibility index (Phi) is 15.7. The summed E-state index contributed by atoms with van der Waals surface area (Å²) in [6.45, 7) is 16.3. The van der Waals surface area contributed by atoms with Crippen molar-refractivity contribution in [2.75, 3.05) is 0 Å². The number of aromatic nitrogens is 6. The molecule has 5 aromatic rings. The van der Waals surface area contributed by atoms with Crippen LogP contribution in [-0.4, -0.2) is 76.4 Å². The van der Waals surface area contributed by atoms with Crippen molar-refractivity contribution in [3.8, 4) is 6.07 Å². The highest BCUT2D eigenvalue weighted by Crippen LogP contribution is 2.39. The Labute approximate surface area is 326 Å². The van der Waals surface area contributed by atoms with Crippen LogP contribution < -0.4 is 0 Å². The molecule has 0 spiro atoms. The van der Waals surface area contributed by atoms with E-state index < -0.39 is 11.8 Å². The van der Waals surface area contributed by atoms with Gasteiger partial charge in [-0.05, 0) is 89.8 Å². The summed E-state index contributed by atoms with van der Waals surface area (Å²) in [5.74, 6) is -0.484. The zero-order valence-corrected chi connectivity index (χ0v) is 33.3. The van der Waals surface area contributed by atoms with Crippen LogP contribution in [-0.2, 0) is 16.0 Å². The fourth-order valence-electron chi connectivity index (χ4n) is 7.57. The molecular formula is C44H55N9O2. The number of carbonyl (C=O) groups is 2. The lowest BCUT2D eigenvalue weighted by Crippen LogP contribution is -2.46. The maximum Gasteiger partial charge on any atom is 0.231 e. The average Bonchev–Trinajstić information content (AvgIpc) is 3.69. The van der Waals surface area contributed by atoms with Crippen LogP contribution in [0.15, 0.2) is 110 Å². The van der Waals surface area contributed by atoms with Gasteiger partial charge < -0.3 is 9.80 Å². The van der Waals surface area contributed by atoms with E-state index in [9.17, 15) is 14.9 Å². The highest BCUT2D eigenvalue weighted by atomic mass is 16.2. The molecule has 0 bridgehead atoms. The number of amides is 2. The molecule has 2 amide bonds. The van der Waals surface area contributed by atoms with Crippen molar-refractivity contribution in [1.29, 1.82) is 5.26 Å². The number of hydrogen-bond acceptors (Lipinski definition) is 8. The van der Waals surface area contributed by atoms with E-state index in [4.69, 9.17) is 0 Å². The number of pyridine rings is 2. The number of H-pyrrole nitrogens is 1. The van der Waals surface area contributed by atoms with Crippen LogP contribution in [0.1, 0.15) is 114 Å². The van der Waals surface area contributed by atoms with Gasteiger partial charge in [0, 0.05) is 73.6 Å². The first-order valence-electron chi connectivity index (χ1n) is 19.1. The number of carbonyl (C=O) groups excluding carboxylic acids is 2. The lowest BCUT2D eigenvalue weighted by Gasteiger charge is -2.37. The minimum absolute atomic E-state index is 0.0482. The second kappa shape index (κ2) is 20.6. The molecule has 4 unspecified atom stereocenters. The predicted molar refractivity (Wildman–Crippen MR) is 215 cm³/mol. The summed E-state index contributed by atoms with van der Waals surface area (Å²) in [7, 11) is 0. The summed E-state index contributed by atoms with van der Waals surface area (Å²) in [5, 5.41) is 23.9. The molecule has 0 aliphatic rings. The Hall–Kier alpha value is -5.76. The van der Waals surface area contributed by atoms with E-state index in [0.29, 0.717) is 12.2 Å². The average molecular weight is 742 g/mol. The third kappa shape index (κ3) is 11.1. The van der Waals surface area contributed by atoms with Gasteiger partial charge in [0.05, 0.1) is 17.9 Å². The molecule has 0 saturated carbocycles. The molecule has 0 aliphatic heterocycles. The van der Waals surface area contributed by atoms with Crippen molar-refractivity contribution in [2.24, 2.45) is 0 Å². The highest BCUT2D eigenvalue weighted by Gasteiger charge is 2.38. The summed E-state index contributed by atoms with van der Waals surface area (Å²) >= 11 is 0. The zero-order chi connectivity index (χ0) is 39.9. The Morgan fingerprint density at radius 1 is 0.618 bits per heavy atom. The van der Waals surface area contributed by atoms with Crippen molar-refractivity contribution >= 4 is 11.8 Å². The lowest BCUT2D eigenvalue weighted by molar-refractivity contribution is -0.138. The van der Waals surface area contributed by atoms with Crippen molar-refractivity contribution in [3.63, 3.8) is 0 Å². The maximum atomic E-state index is 13.9. The van der Waals surface area contributed by atoms with Crippen LogP contribution >= 0.6 is 0 Å². The summed E-state index contributed by atoms with van der Waals surface area (Å²) in [6.07, 6.45) is 7.73. The van der Waals surface area contributed by atoms with Gasteiger partial charge in [-0.25, -0.2) is 0 Å². The largest absolute Gasteiger partial charge is 0.337 e. The Morgan fingerprint density at radius 2 is 1.04 bits per heavy atom. The third-order valence-electron chi connectivity index (χ3n) is 9.72. The molecule has 0 fully saturated rings. The van der Waals surface area contributed by atoms with Gasteiger partial charge in [-0.2, -0.15) is 10.5 Å². The number of tetrazole rings is 1. The van der Waals surface area contributed by atoms with E-state index in [0.717, 1.165) is 22.3 Å². The van der Waals surface area contributed by atoms with E-state index in [-0.39, 0.29) is 54.2 Å². The molecule has 11 heteroatoms. The van der Waals surface area contributed by atoms with E-state index in [1.807, 2.05) is 110 Å². The summed E-state index contributed by atoms with van der Waals surface area (Å²) in [5.41, 5.74) is 3.81. The molecule has 3 heterocycles. The van der Waals surface area contributed by atoms with Gasteiger partial charge in [-0.15, -0.1) is 10.2 Å². The monoisotopic (exact) mass is 741 g/mol.